The maximum atomic E-state index is 13.9. The predicted molar refractivity (Wildman–Crippen MR) is 158 cm³/mol. The van der Waals surface area contributed by atoms with Crippen molar-refractivity contribution in [1.29, 1.82) is 0 Å². The van der Waals surface area contributed by atoms with E-state index in [4.69, 9.17) is 16.6 Å². The first-order chi connectivity index (χ1) is 19.4. The monoisotopic (exact) mass is 635 g/mol. The zero-order valence-corrected chi connectivity index (χ0v) is 25.2. The van der Waals surface area contributed by atoms with Crippen LogP contribution in [0, 0.1) is 19.3 Å². The third kappa shape index (κ3) is 4.91. The Balaban J connectivity index is 1.32. The molecule has 0 aromatic carbocycles. The summed E-state index contributed by atoms with van der Waals surface area (Å²) in [5.41, 5.74) is 3.13. The minimum atomic E-state index is -0.662. The standard InChI is InChI=1S/C29H27BrClN7O3/c1-14-26-18(7-21(34-14)17-10-32-16(3)33-11-17)19(15(2)39)12-37(26)13-25(40)38-22(8-29(4)9-23(29)38)28(41)36-27-20(31)5-6-24(30)35-27/h5-7,10-12,22-23H,8-9,13H2,1-4H3,(H,35,36,41)/t22-,23+,29-/m0/s1. The van der Waals surface area contributed by atoms with Crippen molar-refractivity contribution in [3.8, 4) is 11.3 Å². The number of carbonyl (C=O) groups is 3. The molecule has 4 aromatic heterocycles. The normalized spacial score (nSPS) is 21.2. The van der Waals surface area contributed by atoms with Crippen LogP contribution in [0.5, 0.6) is 0 Å². The molecule has 1 aliphatic heterocycles. The fourth-order valence-electron chi connectivity index (χ4n) is 5.90. The summed E-state index contributed by atoms with van der Waals surface area (Å²) in [4.78, 5) is 59.2. The number of halogens is 2. The lowest BCUT2D eigenvalue weighted by atomic mass is 10.0. The van der Waals surface area contributed by atoms with Gasteiger partial charge >= 0.3 is 0 Å². The lowest BCUT2D eigenvalue weighted by Gasteiger charge is -2.27. The Hall–Kier alpha value is -3.70. The molecule has 1 aliphatic carbocycles. The molecular weight excluding hydrogens is 610 g/mol. The fourth-order valence-corrected chi connectivity index (χ4v) is 6.36. The topological polar surface area (TPSA) is 123 Å². The molecule has 0 bridgehead atoms. The number of ketones is 1. The molecule has 1 saturated heterocycles. The van der Waals surface area contributed by atoms with Gasteiger partial charge in [0.25, 0.3) is 0 Å². The van der Waals surface area contributed by atoms with Crippen LogP contribution in [-0.4, -0.2) is 59.1 Å². The van der Waals surface area contributed by atoms with Crippen molar-refractivity contribution < 1.29 is 14.4 Å². The van der Waals surface area contributed by atoms with E-state index in [2.05, 4.69) is 43.1 Å². The molecule has 2 fully saturated rings. The number of carbonyl (C=O) groups excluding carboxylic acids is 3. The van der Waals surface area contributed by atoms with Gasteiger partial charge < -0.3 is 14.8 Å². The second-order valence-corrected chi connectivity index (χ2v) is 12.3. The third-order valence-corrected chi connectivity index (χ3v) is 8.82. The number of fused-ring (bicyclic) bond motifs is 2. The number of anilines is 1. The summed E-state index contributed by atoms with van der Waals surface area (Å²) >= 11 is 9.55. The van der Waals surface area contributed by atoms with Gasteiger partial charge in [0.1, 0.15) is 23.0 Å². The number of hydrogen-bond donors (Lipinski definition) is 1. The van der Waals surface area contributed by atoms with Crippen LogP contribution in [0.15, 0.2) is 41.4 Å². The highest BCUT2D eigenvalue weighted by Crippen LogP contribution is 2.59. The molecule has 210 valence electrons. The minimum absolute atomic E-state index is 0.0295. The largest absolute Gasteiger partial charge is 0.336 e. The van der Waals surface area contributed by atoms with Crippen LogP contribution in [0.4, 0.5) is 5.82 Å². The van der Waals surface area contributed by atoms with Crippen LogP contribution in [0.25, 0.3) is 22.2 Å². The molecule has 4 aromatic rings. The van der Waals surface area contributed by atoms with Gasteiger partial charge in [-0.1, -0.05) is 18.5 Å². The van der Waals surface area contributed by atoms with Gasteiger partial charge in [0.05, 0.1) is 21.9 Å². The van der Waals surface area contributed by atoms with Crippen molar-refractivity contribution in [1.82, 2.24) is 29.4 Å². The molecular formula is C29H27BrClN7O3. The minimum Gasteiger partial charge on any atom is -0.336 e. The van der Waals surface area contributed by atoms with E-state index in [1.54, 1.807) is 40.2 Å². The molecule has 0 unspecified atom stereocenters. The van der Waals surface area contributed by atoms with Crippen LogP contribution >= 0.6 is 27.5 Å². The fraction of sp³-hybridized carbons (Fsp3) is 0.345. The van der Waals surface area contributed by atoms with Gasteiger partial charge in [-0.2, -0.15) is 0 Å². The third-order valence-electron chi connectivity index (χ3n) is 8.07. The zero-order valence-electron chi connectivity index (χ0n) is 22.9. The molecule has 3 atom stereocenters. The van der Waals surface area contributed by atoms with E-state index in [0.717, 1.165) is 12.0 Å². The van der Waals surface area contributed by atoms with Crippen LogP contribution in [-0.2, 0) is 16.1 Å². The van der Waals surface area contributed by atoms with Gasteiger partial charge in [0.2, 0.25) is 11.8 Å². The van der Waals surface area contributed by atoms with Crippen LogP contribution < -0.4 is 5.32 Å². The quantitative estimate of drug-likeness (QED) is 0.230. The van der Waals surface area contributed by atoms with Crippen molar-refractivity contribution in [2.24, 2.45) is 5.41 Å². The number of aromatic nitrogens is 5. The van der Waals surface area contributed by atoms with Gasteiger partial charge in [-0.15, -0.1) is 0 Å². The Morgan fingerprint density at radius 1 is 1.15 bits per heavy atom. The van der Waals surface area contributed by atoms with Gasteiger partial charge in [0, 0.05) is 41.1 Å². The second-order valence-electron chi connectivity index (χ2n) is 11.1. The zero-order chi connectivity index (χ0) is 29.2. The lowest BCUT2D eigenvalue weighted by Crippen LogP contribution is -2.46. The van der Waals surface area contributed by atoms with Gasteiger partial charge in [-0.3, -0.25) is 19.4 Å². The molecule has 0 radical (unpaired) electrons. The molecule has 1 N–H and O–H groups in total. The van der Waals surface area contributed by atoms with E-state index in [1.807, 2.05) is 19.9 Å². The number of piperidine rings is 1. The Morgan fingerprint density at radius 2 is 1.88 bits per heavy atom. The molecule has 6 rings (SSSR count). The molecule has 10 nitrogen and oxygen atoms in total. The predicted octanol–water partition coefficient (Wildman–Crippen LogP) is 5.14. The summed E-state index contributed by atoms with van der Waals surface area (Å²) in [6, 6.07) is 4.47. The number of amides is 2. The van der Waals surface area contributed by atoms with E-state index in [9.17, 15) is 14.4 Å². The number of rotatable bonds is 6. The summed E-state index contributed by atoms with van der Waals surface area (Å²) in [5, 5.41) is 3.82. The number of pyridine rings is 2. The van der Waals surface area contributed by atoms with Crippen LogP contribution in [0.3, 0.4) is 0 Å². The smallest absolute Gasteiger partial charge is 0.248 e. The first kappa shape index (κ1) is 27.5. The number of nitrogens with zero attached hydrogens (tertiary/aromatic N) is 6. The molecule has 1 saturated carbocycles. The van der Waals surface area contributed by atoms with Crippen LogP contribution in [0.1, 0.15) is 48.6 Å². The molecule has 12 heteroatoms. The maximum Gasteiger partial charge on any atom is 0.248 e. The van der Waals surface area contributed by atoms with Gasteiger partial charge in [-0.25, -0.2) is 15.0 Å². The van der Waals surface area contributed by atoms with E-state index in [1.165, 1.54) is 6.92 Å². The highest BCUT2D eigenvalue weighted by atomic mass is 79.9. The Bertz CT molecular complexity index is 1760. The number of aryl methyl sites for hydroxylation is 2. The Kier molecular flexibility index (Phi) is 6.69. The number of Topliss-reactive ketones (excluding diaryl/α,β-unsaturated/α-hetero) is 1. The molecule has 2 aliphatic rings. The number of nitrogens with one attached hydrogen (secondary N) is 1. The summed E-state index contributed by atoms with van der Waals surface area (Å²) in [5.74, 6) is 0.237. The first-order valence-electron chi connectivity index (χ1n) is 13.2. The maximum absolute atomic E-state index is 13.9. The molecule has 0 spiro atoms. The average Bonchev–Trinajstić information content (AvgIpc) is 3.27. The van der Waals surface area contributed by atoms with Crippen LogP contribution in [0.2, 0.25) is 5.02 Å². The van der Waals surface area contributed by atoms with Crippen molar-refractivity contribution in [3.05, 3.63) is 63.5 Å². The highest BCUT2D eigenvalue weighted by molar-refractivity contribution is 9.10. The molecule has 5 heterocycles. The highest BCUT2D eigenvalue weighted by Gasteiger charge is 2.64. The summed E-state index contributed by atoms with van der Waals surface area (Å²) in [6.45, 7) is 7.22. The SMILES string of the molecule is CC(=O)c1cn(CC(=O)N2[C@H](C(=O)Nc3nc(Br)ccc3Cl)C[C@@]3(C)C[C@@H]23)c2c(C)nc(-c3cnc(C)nc3)cc12. The van der Waals surface area contributed by atoms with Gasteiger partial charge in [-0.05, 0) is 73.2 Å². The number of likely N-dealkylation sites (tertiary alicyclic amines) is 1. The van der Waals surface area contributed by atoms with E-state index in [-0.39, 0.29) is 41.4 Å². The van der Waals surface area contributed by atoms with Crippen molar-refractivity contribution >= 4 is 61.8 Å². The van der Waals surface area contributed by atoms with Gasteiger partial charge in [0.15, 0.2) is 11.6 Å². The van der Waals surface area contributed by atoms with Crippen molar-refractivity contribution in [3.63, 3.8) is 0 Å². The summed E-state index contributed by atoms with van der Waals surface area (Å²) in [7, 11) is 0. The summed E-state index contributed by atoms with van der Waals surface area (Å²) in [6.07, 6.45) is 6.50. The van der Waals surface area contributed by atoms with E-state index >= 15 is 0 Å². The molecule has 41 heavy (non-hydrogen) atoms. The van der Waals surface area contributed by atoms with Crippen molar-refractivity contribution in [2.45, 2.75) is 59.2 Å². The lowest BCUT2D eigenvalue weighted by molar-refractivity contribution is -0.138. The van der Waals surface area contributed by atoms with Crippen molar-refractivity contribution in [2.75, 3.05) is 5.32 Å². The Morgan fingerprint density at radius 3 is 2.59 bits per heavy atom. The Labute approximate surface area is 249 Å². The van der Waals surface area contributed by atoms with E-state index < -0.39 is 6.04 Å². The summed E-state index contributed by atoms with van der Waals surface area (Å²) < 4.78 is 2.31. The second kappa shape index (κ2) is 9.99. The van der Waals surface area contributed by atoms with E-state index in [0.29, 0.717) is 49.7 Å². The average molecular weight is 637 g/mol. The molecule has 2 amide bonds. The first-order valence-corrected chi connectivity index (χ1v) is 14.4. The number of hydrogen-bond acceptors (Lipinski definition) is 7.